The molecule has 0 aliphatic heterocycles. The zero-order chi connectivity index (χ0) is 15.4. The van der Waals surface area contributed by atoms with Crippen molar-refractivity contribution < 1.29 is 9.47 Å². The minimum Gasteiger partial charge on any atom is -0.493 e. The van der Waals surface area contributed by atoms with Gasteiger partial charge in [-0.2, -0.15) is 0 Å². The fraction of sp³-hybridized carbons (Fsp3) is 0.235. The third-order valence-electron chi connectivity index (χ3n) is 3.49. The highest BCUT2D eigenvalue weighted by atomic mass is 16.5. The van der Waals surface area contributed by atoms with Gasteiger partial charge >= 0.3 is 0 Å². The first kappa shape index (κ1) is 14.9. The van der Waals surface area contributed by atoms with Crippen molar-refractivity contribution in [2.24, 2.45) is 5.73 Å². The topological polar surface area (TPSA) is 68.3 Å². The lowest BCUT2D eigenvalue weighted by Crippen LogP contribution is -2.11. The van der Waals surface area contributed by atoms with Gasteiger partial charge in [-0.05, 0) is 48.7 Å². The highest BCUT2D eigenvalue weighted by Crippen LogP contribution is 2.29. The van der Waals surface area contributed by atoms with Gasteiger partial charge in [0.1, 0.15) is 12.4 Å². The Morgan fingerprint density at radius 1 is 1.10 bits per heavy atom. The predicted octanol–water partition coefficient (Wildman–Crippen LogP) is 3.18. The maximum Gasteiger partial charge on any atom is 0.161 e. The van der Waals surface area contributed by atoms with Crippen LogP contribution in [0.5, 0.6) is 11.5 Å². The number of hydrogen-bond acceptors (Lipinski definition) is 3. The van der Waals surface area contributed by atoms with Crippen molar-refractivity contribution in [1.82, 2.24) is 0 Å². The van der Waals surface area contributed by atoms with Crippen LogP contribution in [0, 0.1) is 19.3 Å². The summed E-state index contributed by atoms with van der Waals surface area (Å²) in [5, 5.41) is 7.45. The molecule has 0 radical (unpaired) electrons. The second-order valence-electron chi connectivity index (χ2n) is 4.94. The second kappa shape index (κ2) is 6.31. The Morgan fingerprint density at radius 2 is 1.76 bits per heavy atom. The molecule has 0 aromatic heterocycles. The number of ether oxygens (including phenoxy) is 2. The number of benzene rings is 2. The quantitative estimate of drug-likeness (QED) is 0.654. The van der Waals surface area contributed by atoms with Gasteiger partial charge < -0.3 is 15.2 Å². The molecule has 0 fully saturated rings. The van der Waals surface area contributed by atoms with Crippen LogP contribution in [0.4, 0.5) is 0 Å². The molecule has 110 valence electrons. The molecule has 0 bridgehead atoms. The van der Waals surface area contributed by atoms with E-state index in [4.69, 9.17) is 20.6 Å². The van der Waals surface area contributed by atoms with Crippen LogP contribution in [-0.4, -0.2) is 12.9 Å². The maximum atomic E-state index is 7.45. The number of rotatable bonds is 5. The highest BCUT2D eigenvalue weighted by Gasteiger charge is 2.09. The Bertz CT molecular complexity index is 646. The Balaban J connectivity index is 2.22. The normalized spacial score (nSPS) is 10.2. The van der Waals surface area contributed by atoms with Gasteiger partial charge in [0, 0.05) is 5.56 Å². The summed E-state index contributed by atoms with van der Waals surface area (Å²) in [4.78, 5) is 0. The summed E-state index contributed by atoms with van der Waals surface area (Å²) in [5.41, 5.74) is 9.68. The standard InChI is InChI=1S/C17H20N2O2/c1-11-5-4-6-12(2)14(11)10-21-15-8-7-13(17(18)19)9-16(15)20-3/h4-9H,10H2,1-3H3,(H3,18,19). The Hall–Kier alpha value is -2.49. The molecule has 0 aliphatic carbocycles. The third-order valence-corrected chi connectivity index (χ3v) is 3.49. The zero-order valence-electron chi connectivity index (χ0n) is 12.6. The van der Waals surface area contributed by atoms with E-state index in [2.05, 4.69) is 26.0 Å². The number of nitrogens with one attached hydrogen (secondary N) is 1. The molecule has 0 saturated heterocycles. The first-order valence-electron chi connectivity index (χ1n) is 6.73. The number of hydrogen-bond donors (Lipinski definition) is 2. The lowest BCUT2D eigenvalue weighted by atomic mass is 10.0. The lowest BCUT2D eigenvalue weighted by Gasteiger charge is -2.14. The molecular weight excluding hydrogens is 264 g/mol. The summed E-state index contributed by atoms with van der Waals surface area (Å²) in [6, 6.07) is 11.4. The minimum absolute atomic E-state index is 0.00889. The van der Waals surface area contributed by atoms with E-state index in [0.29, 0.717) is 23.7 Å². The van der Waals surface area contributed by atoms with E-state index in [0.717, 1.165) is 0 Å². The van der Waals surface area contributed by atoms with Crippen molar-refractivity contribution in [1.29, 1.82) is 5.41 Å². The third kappa shape index (κ3) is 3.34. The molecule has 0 heterocycles. The average Bonchev–Trinajstić information content (AvgIpc) is 2.46. The molecule has 21 heavy (non-hydrogen) atoms. The summed E-state index contributed by atoms with van der Waals surface area (Å²) in [5.74, 6) is 1.23. The van der Waals surface area contributed by atoms with Crippen molar-refractivity contribution in [3.05, 3.63) is 58.7 Å². The van der Waals surface area contributed by atoms with Crippen LogP contribution in [0.1, 0.15) is 22.3 Å². The SMILES string of the molecule is COc1cc(C(=N)N)ccc1OCc1c(C)cccc1C. The van der Waals surface area contributed by atoms with Crippen molar-refractivity contribution >= 4 is 5.84 Å². The number of nitrogens with two attached hydrogens (primary N) is 1. The van der Waals surface area contributed by atoms with E-state index in [1.807, 2.05) is 6.07 Å². The minimum atomic E-state index is 0.00889. The van der Waals surface area contributed by atoms with Crippen LogP contribution in [0.25, 0.3) is 0 Å². The fourth-order valence-electron chi connectivity index (χ4n) is 2.18. The van der Waals surface area contributed by atoms with Crippen LogP contribution in [0.15, 0.2) is 36.4 Å². The smallest absolute Gasteiger partial charge is 0.161 e. The molecule has 2 rings (SSSR count). The summed E-state index contributed by atoms with van der Waals surface area (Å²) >= 11 is 0. The second-order valence-corrected chi connectivity index (χ2v) is 4.94. The number of amidine groups is 1. The molecule has 0 spiro atoms. The lowest BCUT2D eigenvalue weighted by molar-refractivity contribution is 0.283. The zero-order valence-corrected chi connectivity index (χ0v) is 12.6. The number of nitrogen functional groups attached to an aromatic ring is 1. The van der Waals surface area contributed by atoms with Crippen molar-refractivity contribution in [2.75, 3.05) is 7.11 Å². The van der Waals surface area contributed by atoms with Gasteiger partial charge in [0.05, 0.1) is 7.11 Å². The van der Waals surface area contributed by atoms with Crippen LogP contribution in [-0.2, 0) is 6.61 Å². The van der Waals surface area contributed by atoms with Crippen LogP contribution in [0.2, 0.25) is 0 Å². The monoisotopic (exact) mass is 284 g/mol. The van der Waals surface area contributed by atoms with Crippen LogP contribution in [0.3, 0.4) is 0 Å². The summed E-state index contributed by atoms with van der Waals surface area (Å²) < 4.78 is 11.2. The summed E-state index contributed by atoms with van der Waals surface area (Å²) in [6.45, 7) is 4.62. The molecule has 0 unspecified atom stereocenters. The van der Waals surface area contributed by atoms with E-state index in [1.54, 1.807) is 25.3 Å². The summed E-state index contributed by atoms with van der Waals surface area (Å²) in [7, 11) is 1.57. The van der Waals surface area contributed by atoms with Crippen molar-refractivity contribution in [3.8, 4) is 11.5 Å². The van der Waals surface area contributed by atoms with Crippen LogP contribution < -0.4 is 15.2 Å². The van der Waals surface area contributed by atoms with Gasteiger partial charge in [-0.25, -0.2) is 0 Å². The molecule has 3 N–H and O–H groups in total. The molecule has 4 heteroatoms. The summed E-state index contributed by atoms with van der Waals surface area (Å²) in [6.07, 6.45) is 0. The predicted molar refractivity (Wildman–Crippen MR) is 84.3 cm³/mol. The molecule has 0 aliphatic rings. The molecule has 2 aromatic carbocycles. The molecule has 2 aromatic rings. The molecule has 4 nitrogen and oxygen atoms in total. The highest BCUT2D eigenvalue weighted by molar-refractivity contribution is 5.95. The van der Waals surface area contributed by atoms with Crippen LogP contribution >= 0.6 is 0 Å². The van der Waals surface area contributed by atoms with Gasteiger partial charge in [0.15, 0.2) is 11.5 Å². The molecule has 0 atom stereocenters. The number of aryl methyl sites for hydroxylation is 2. The number of methoxy groups -OCH3 is 1. The first-order chi connectivity index (χ1) is 10.0. The molecule has 0 amide bonds. The first-order valence-corrected chi connectivity index (χ1v) is 6.73. The van der Waals surface area contributed by atoms with Crippen molar-refractivity contribution in [3.63, 3.8) is 0 Å². The van der Waals surface area contributed by atoms with E-state index < -0.39 is 0 Å². The van der Waals surface area contributed by atoms with E-state index >= 15 is 0 Å². The van der Waals surface area contributed by atoms with Gasteiger partial charge in [-0.15, -0.1) is 0 Å². The largest absolute Gasteiger partial charge is 0.493 e. The van der Waals surface area contributed by atoms with Crippen molar-refractivity contribution in [2.45, 2.75) is 20.5 Å². The van der Waals surface area contributed by atoms with E-state index in [1.165, 1.54) is 16.7 Å². The molecular formula is C17H20N2O2. The fourth-order valence-corrected chi connectivity index (χ4v) is 2.18. The van der Waals surface area contributed by atoms with E-state index in [-0.39, 0.29) is 5.84 Å². The van der Waals surface area contributed by atoms with Gasteiger partial charge in [0.25, 0.3) is 0 Å². The van der Waals surface area contributed by atoms with Gasteiger partial charge in [0.2, 0.25) is 0 Å². The average molecular weight is 284 g/mol. The Morgan fingerprint density at radius 3 is 2.33 bits per heavy atom. The Labute approximate surface area is 125 Å². The Kier molecular flexibility index (Phi) is 4.48. The van der Waals surface area contributed by atoms with E-state index in [9.17, 15) is 0 Å². The maximum absolute atomic E-state index is 7.45. The van der Waals surface area contributed by atoms with Gasteiger partial charge in [-0.3, -0.25) is 5.41 Å². The van der Waals surface area contributed by atoms with Gasteiger partial charge in [-0.1, -0.05) is 18.2 Å². The molecule has 0 saturated carbocycles.